The van der Waals surface area contributed by atoms with Crippen molar-refractivity contribution < 1.29 is 23.8 Å². The normalized spacial score (nSPS) is 14.0. The number of aromatic carboxylic acids is 1. The number of carboxylic acids is 1. The summed E-state index contributed by atoms with van der Waals surface area (Å²) in [6, 6.07) is 14.0. The molecule has 11 heteroatoms. The van der Waals surface area contributed by atoms with E-state index in [0.717, 1.165) is 75.9 Å². The molecular formula is C35H39ClFN5O4. The van der Waals surface area contributed by atoms with Gasteiger partial charge in [0, 0.05) is 75.3 Å². The molecule has 0 atom stereocenters. The average Bonchev–Trinajstić information content (AvgIpc) is 3.50. The molecule has 0 unspecified atom stereocenters. The number of hydrogen-bond donors (Lipinski definition) is 2. The molecule has 0 radical (unpaired) electrons. The zero-order valence-corrected chi connectivity index (χ0v) is 27.2. The van der Waals surface area contributed by atoms with Gasteiger partial charge in [-0.3, -0.25) is 9.58 Å². The SMILES string of the molecule is COCc1c(-c2c(Cl)ccc3c(CCCOc4cccc5cc(F)ccc45)c(C(=O)O)n(CCN4CCNCC4)c23)c(C)nn1C. The second kappa shape index (κ2) is 13.8. The van der Waals surface area contributed by atoms with E-state index >= 15 is 0 Å². The Morgan fingerprint density at radius 1 is 1.09 bits per heavy atom. The van der Waals surface area contributed by atoms with E-state index in [-0.39, 0.29) is 11.5 Å². The summed E-state index contributed by atoms with van der Waals surface area (Å²) in [7, 11) is 3.52. The minimum Gasteiger partial charge on any atom is -0.493 e. The van der Waals surface area contributed by atoms with Crippen LogP contribution in [0.3, 0.4) is 0 Å². The quantitative estimate of drug-likeness (QED) is 0.159. The highest BCUT2D eigenvalue weighted by Crippen LogP contribution is 2.42. The van der Waals surface area contributed by atoms with Gasteiger partial charge in [-0.05, 0) is 61.0 Å². The van der Waals surface area contributed by atoms with Crippen molar-refractivity contribution in [1.82, 2.24) is 24.6 Å². The van der Waals surface area contributed by atoms with Crippen molar-refractivity contribution >= 4 is 39.2 Å². The number of nitrogens with zero attached hydrogens (tertiary/aromatic N) is 4. The van der Waals surface area contributed by atoms with Gasteiger partial charge >= 0.3 is 5.97 Å². The van der Waals surface area contributed by atoms with Gasteiger partial charge in [-0.2, -0.15) is 5.10 Å². The van der Waals surface area contributed by atoms with Crippen LogP contribution < -0.4 is 10.1 Å². The van der Waals surface area contributed by atoms with Crippen molar-refractivity contribution in [3.63, 3.8) is 0 Å². The van der Waals surface area contributed by atoms with Gasteiger partial charge in [0.2, 0.25) is 0 Å². The number of rotatable bonds is 12. The van der Waals surface area contributed by atoms with E-state index in [1.54, 1.807) is 17.9 Å². The number of carbonyl (C=O) groups is 1. The zero-order chi connectivity index (χ0) is 32.4. The molecule has 0 bridgehead atoms. The first-order chi connectivity index (χ1) is 22.3. The van der Waals surface area contributed by atoms with Gasteiger partial charge in [-0.25, -0.2) is 9.18 Å². The van der Waals surface area contributed by atoms with Crippen molar-refractivity contribution in [2.45, 2.75) is 32.9 Å². The topological polar surface area (TPSA) is 93.8 Å². The number of aromatic nitrogens is 3. The Labute approximate surface area is 272 Å². The molecule has 2 aromatic heterocycles. The van der Waals surface area contributed by atoms with Gasteiger partial charge < -0.3 is 24.5 Å². The van der Waals surface area contributed by atoms with Crippen molar-refractivity contribution in [3.8, 4) is 16.9 Å². The molecular weight excluding hydrogens is 609 g/mol. The zero-order valence-electron chi connectivity index (χ0n) is 26.4. The number of halogens is 2. The van der Waals surface area contributed by atoms with Gasteiger partial charge in [0.05, 0.1) is 35.1 Å². The first-order valence-electron chi connectivity index (χ1n) is 15.6. The maximum absolute atomic E-state index is 13.8. The standard InChI is InChI=1S/C35H39ClFN5O4/c1-22-31(29(21-45-3)40(2)39-22)32-28(36)12-11-27-26(7-5-19-46-30-8-4-6-23-20-24(37)9-10-25(23)30)34(35(43)44)42(33(27)32)18-17-41-15-13-38-14-16-41/h4,6,8-12,20,38H,5,7,13-19,21H2,1-3H3,(H,43,44). The average molecular weight is 648 g/mol. The van der Waals surface area contributed by atoms with Gasteiger partial charge in [-0.15, -0.1) is 0 Å². The smallest absolute Gasteiger partial charge is 0.352 e. The molecule has 242 valence electrons. The number of hydrogen-bond acceptors (Lipinski definition) is 6. The Kier molecular flexibility index (Phi) is 9.60. The molecule has 3 heterocycles. The molecule has 0 saturated carbocycles. The lowest BCUT2D eigenvalue weighted by molar-refractivity contribution is 0.0683. The fourth-order valence-corrected chi connectivity index (χ4v) is 6.99. The second-order valence-electron chi connectivity index (χ2n) is 11.7. The maximum Gasteiger partial charge on any atom is 0.352 e. The molecule has 46 heavy (non-hydrogen) atoms. The van der Waals surface area contributed by atoms with Gasteiger partial charge in [0.15, 0.2) is 0 Å². The van der Waals surface area contributed by atoms with Crippen LogP contribution in [0, 0.1) is 12.7 Å². The lowest BCUT2D eigenvalue weighted by Gasteiger charge is -2.27. The van der Waals surface area contributed by atoms with Crippen LogP contribution in [0.25, 0.3) is 32.8 Å². The summed E-state index contributed by atoms with van der Waals surface area (Å²) in [5, 5.41) is 21.8. The molecule has 1 aliphatic heterocycles. The molecule has 1 fully saturated rings. The number of benzene rings is 3. The summed E-state index contributed by atoms with van der Waals surface area (Å²) in [6.45, 7) is 7.45. The molecule has 3 aromatic carbocycles. The number of piperazine rings is 1. The van der Waals surface area contributed by atoms with E-state index in [0.29, 0.717) is 49.9 Å². The second-order valence-corrected chi connectivity index (χ2v) is 12.1. The van der Waals surface area contributed by atoms with Crippen LogP contribution in [0.2, 0.25) is 5.02 Å². The predicted octanol–water partition coefficient (Wildman–Crippen LogP) is 6.06. The summed E-state index contributed by atoms with van der Waals surface area (Å²) in [6.07, 6.45) is 1.06. The molecule has 1 aliphatic rings. The molecule has 0 spiro atoms. The lowest BCUT2D eigenvalue weighted by Crippen LogP contribution is -2.44. The fourth-order valence-electron chi connectivity index (χ4n) is 6.74. The summed E-state index contributed by atoms with van der Waals surface area (Å²) in [5.41, 5.74) is 5.10. The Hall–Kier alpha value is -3.96. The van der Waals surface area contributed by atoms with Crippen LogP contribution in [0.15, 0.2) is 48.5 Å². The van der Waals surface area contributed by atoms with E-state index in [1.807, 2.05) is 48.9 Å². The van der Waals surface area contributed by atoms with Crippen LogP contribution in [0.4, 0.5) is 4.39 Å². The highest BCUT2D eigenvalue weighted by Gasteiger charge is 2.28. The number of ether oxygens (including phenoxy) is 2. The largest absolute Gasteiger partial charge is 0.493 e. The number of methoxy groups -OCH3 is 1. The van der Waals surface area contributed by atoms with Crippen molar-refractivity contribution in [3.05, 3.63) is 82.0 Å². The monoisotopic (exact) mass is 647 g/mol. The maximum atomic E-state index is 13.8. The summed E-state index contributed by atoms with van der Waals surface area (Å²) < 4.78 is 29.2. The van der Waals surface area contributed by atoms with Crippen molar-refractivity contribution in [2.75, 3.05) is 46.4 Å². The fraction of sp³-hybridized carbons (Fsp3) is 0.371. The molecule has 0 amide bonds. The van der Waals surface area contributed by atoms with Crippen LogP contribution in [0.1, 0.15) is 33.9 Å². The Morgan fingerprint density at radius 2 is 1.87 bits per heavy atom. The molecule has 1 saturated heterocycles. The van der Waals surface area contributed by atoms with Gasteiger partial charge in [0.25, 0.3) is 0 Å². The van der Waals surface area contributed by atoms with Crippen LogP contribution in [-0.2, 0) is 31.4 Å². The Balaban J connectivity index is 1.41. The number of fused-ring (bicyclic) bond motifs is 2. The Bertz CT molecular complexity index is 1900. The number of carboxylic acid groups (broad SMARTS) is 1. The Morgan fingerprint density at radius 3 is 2.63 bits per heavy atom. The third-order valence-corrected chi connectivity index (χ3v) is 9.15. The third kappa shape index (κ3) is 6.22. The van der Waals surface area contributed by atoms with E-state index in [9.17, 15) is 14.3 Å². The lowest BCUT2D eigenvalue weighted by atomic mass is 9.98. The molecule has 9 nitrogen and oxygen atoms in total. The minimum absolute atomic E-state index is 0.268. The third-order valence-electron chi connectivity index (χ3n) is 8.83. The number of aryl methyl sites for hydroxylation is 3. The van der Waals surface area contributed by atoms with E-state index in [4.69, 9.17) is 21.1 Å². The molecule has 5 aromatic rings. The van der Waals surface area contributed by atoms with Crippen molar-refractivity contribution in [2.24, 2.45) is 7.05 Å². The van der Waals surface area contributed by atoms with Gasteiger partial charge in [0.1, 0.15) is 17.3 Å². The van der Waals surface area contributed by atoms with E-state index in [2.05, 4.69) is 15.3 Å². The summed E-state index contributed by atoms with van der Waals surface area (Å²) >= 11 is 7.00. The first kappa shape index (κ1) is 32.0. The summed E-state index contributed by atoms with van der Waals surface area (Å²) in [5.74, 6) is -0.610. The molecule has 6 rings (SSSR count). The predicted molar refractivity (Wildman–Crippen MR) is 179 cm³/mol. The number of nitrogens with one attached hydrogen (secondary N) is 1. The first-order valence-corrected chi connectivity index (χ1v) is 16.0. The van der Waals surface area contributed by atoms with Gasteiger partial charge in [-0.1, -0.05) is 29.8 Å². The molecule has 0 aliphatic carbocycles. The highest BCUT2D eigenvalue weighted by atomic mass is 35.5. The highest BCUT2D eigenvalue weighted by molar-refractivity contribution is 6.35. The summed E-state index contributed by atoms with van der Waals surface area (Å²) in [4.78, 5) is 15.4. The van der Waals surface area contributed by atoms with Crippen LogP contribution >= 0.6 is 11.6 Å². The molecule has 2 N–H and O–H groups in total. The van der Waals surface area contributed by atoms with Crippen molar-refractivity contribution in [1.29, 1.82) is 0 Å². The van der Waals surface area contributed by atoms with Crippen LogP contribution in [-0.4, -0.2) is 76.8 Å². The van der Waals surface area contributed by atoms with E-state index in [1.165, 1.54) is 12.1 Å². The van der Waals surface area contributed by atoms with Crippen LogP contribution in [0.5, 0.6) is 5.75 Å². The minimum atomic E-state index is -0.981. The van der Waals surface area contributed by atoms with E-state index < -0.39 is 5.97 Å².